The predicted molar refractivity (Wildman–Crippen MR) is 238 cm³/mol. The summed E-state index contributed by atoms with van der Waals surface area (Å²) in [6.07, 6.45) is 41.5. The Labute approximate surface area is 359 Å². The van der Waals surface area contributed by atoms with E-state index in [4.69, 9.17) is 24.8 Å². The van der Waals surface area contributed by atoms with Crippen LogP contribution in [0, 0.1) is 0 Å². The maximum Gasteiger partial charge on any atom is 0.472 e. The molecular weight excluding hydrogens is 789 g/mol. The van der Waals surface area contributed by atoms with Crippen molar-refractivity contribution < 1.29 is 57.7 Å². The van der Waals surface area contributed by atoms with Gasteiger partial charge in [0.15, 0.2) is 6.10 Å². The summed E-state index contributed by atoms with van der Waals surface area (Å²) >= 11 is 0. The van der Waals surface area contributed by atoms with Gasteiger partial charge >= 0.3 is 25.7 Å². The predicted octanol–water partition coefficient (Wildman–Crippen LogP) is 9.44. The molecule has 5 atom stereocenters. The molecule has 0 saturated carbocycles. The third-order valence-corrected chi connectivity index (χ3v) is 9.76. The number of carboxylic acid groups (broad SMARTS) is 1. The van der Waals surface area contributed by atoms with E-state index >= 15 is 0 Å². The topological polar surface area (TPSA) is 212 Å². The maximum atomic E-state index is 12.6. The quantitative estimate of drug-likeness (QED) is 0.0128. The van der Waals surface area contributed by atoms with Gasteiger partial charge in [-0.3, -0.25) is 23.4 Å². The van der Waals surface area contributed by atoms with Crippen molar-refractivity contribution in [1.82, 2.24) is 0 Å². The number of ether oxygens (including phenoxy) is 2. The molecule has 0 heterocycles. The van der Waals surface area contributed by atoms with E-state index in [2.05, 4.69) is 23.6 Å². The van der Waals surface area contributed by atoms with Gasteiger partial charge in [-0.1, -0.05) is 150 Å². The number of hydrogen-bond donors (Lipinski definition) is 5. The Morgan fingerprint density at radius 3 is 1.75 bits per heavy atom. The molecule has 0 aromatic carbocycles. The Bertz CT molecular complexity index is 1370. The molecule has 0 fully saturated rings. The average Bonchev–Trinajstić information content (AvgIpc) is 3.21. The normalized spacial score (nSPS) is 15.6. The Kier molecular flexibility index (Phi) is 37.4. The lowest BCUT2D eigenvalue weighted by Gasteiger charge is -2.20. The molecule has 0 radical (unpaired) electrons. The van der Waals surface area contributed by atoms with Crippen LogP contribution in [0.2, 0.25) is 0 Å². The summed E-state index contributed by atoms with van der Waals surface area (Å²) in [5, 5.41) is 28.8. The molecule has 0 saturated heterocycles. The Morgan fingerprint density at radius 1 is 0.617 bits per heavy atom. The number of esters is 2. The molecule has 14 heteroatoms. The fourth-order valence-corrected chi connectivity index (χ4v) is 6.10. The van der Waals surface area contributed by atoms with Crippen LogP contribution in [0.1, 0.15) is 142 Å². The highest BCUT2D eigenvalue weighted by molar-refractivity contribution is 7.47. The first-order valence-electron chi connectivity index (χ1n) is 21.8. The van der Waals surface area contributed by atoms with Crippen LogP contribution >= 0.6 is 7.82 Å². The van der Waals surface area contributed by atoms with Crippen LogP contribution in [0.3, 0.4) is 0 Å². The van der Waals surface area contributed by atoms with E-state index in [9.17, 15) is 34.1 Å². The summed E-state index contributed by atoms with van der Waals surface area (Å²) in [5.41, 5.74) is 5.32. The monoisotopic (exact) mass is 866 g/mol. The highest BCUT2D eigenvalue weighted by Gasteiger charge is 2.28. The number of nitrogens with two attached hydrogens (primary N) is 1. The summed E-state index contributed by atoms with van der Waals surface area (Å²) in [6.45, 7) is 2.40. The van der Waals surface area contributed by atoms with E-state index in [0.29, 0.717) is 32.1 Å². The van der Waals surface area contributed by atoms with E-state index in [0.717, 1.165) is 44.9 Å². The van der Waals surface area contributed by atoms with Gasteiger partial charge < -0.3 is 35.4 Å². The highest BCUT2D eigenvalue weighted by atomic mass is 31.2. The van der Waals surface area contributed by atoms with Crippen LogP contribution in [0.5, 0.6) is 0 Å². The number of carbonyl (C=O) groups is 3. The molecule has 6 N–H and O–H groups in total. The lowest BCUT2D eigenvalue weighted by molar-refractivity contribution is -0.161. The second-order valence-corrected chi connectivity index (χ2v) is 15.9. The Morgan fingerprint density at radius 2 is 1.15 bits per heavy atom. The number of rotatable bonds is 39. The van der Waals surface area contributed by atoms with Gasteiger partial charge in [0.25, 0.3) is 0 Å². The van der Waals surface area contributed by atoms with E-state index in [1.807, 2.05) is 37.3 Å². The van der Waals surface area contributed by atoms with Crippen LogP contribution in [0.4, 0.5) is 0 Å². The molecule has 60 heavy (non-hydrogen) atoms. The minimum absolute atomic E-state index is 0.0264. The van der Waals surface area contributed by atoms with Crippen LogP contribution in [-0.2, 0) is 37.5 Å². The first-order chi connectivity index (χ1) is 28.9. The summed E-state index contributed by atoms with van der Waals surface area (Å²) in [5.74, 6) is -2.59. The smallest absolute Gasteiger partial charge is 0.472 e. The molecule has 0 spiro atoms. The molecule has 0 bridgehead atoms. The second-order valence-electron chi connectivity index (χ2n) is 14.5. The number of carbonyl (C=O) groups excluding carboxylic acids is 2. The molecular formula is C46H76NO12P. The number of unbranched alkanes of at least 4 members (excludes halogenated alkanes) is 11. The zero-order valence-electron chi connectivity index (χ0n) is 36.2. The van der Waals surface area contributed by atoms with Crippen molar-refractivity contribution in [2.75, 3.05) is 19.8 Å². The summed E-state index contributed by atoms with van der Waals surface area (Å²) in [4.78, 5) is 45.9. The molecule has 0 aromatic heterocycles. The van der Waals surface area contributed by atoms with Gasteiger partial charge in [-0.05, 0) is 64.2 Å². The molecule has 0 aliphatic carbocycles. The molecule has 0 aliphatic heterocycles. The van der Waals surface area contributed by atoms with Gasteiger partial charge in [0.1, 0.15) is 12.6 Å². The Balaban J connectivity index is 4.64. The number of allylic oxidation sites excluding steroid dienone is 10. The van der Waals surface area contributed by atoms with Crippen LogP contribution < -0.4 is 5.73 Å². The zero-order valence-corrected chi connectivity index (χ0v) is 37.1. The number of carboxylic acids is 1. The van der Waals surface area contributed by atoms with Gasteiger partial charge in [0.05, 0.1) is 25.4 Å². The van der Waals surface area contributed by atoms with Gasteiger partial charge in [0, 0.05) is 12.8 Å². The molecule has 1 unspecified atom stereocenters. The molecule has 0 rings (SSSR count). The average molecular weight is 866 g/mol. The minimum atomic E-state index is -4.77. The lowest BCUT2D eigenvalue weighted by atomic mass is 10.1. The fourth-order valence-electron chi connectivity index (χ4n) is 5.32. The van der Waals surface area contributed by atoms with Crippen molar-refractivity contribution in [2.45, 2.75) is 167 Å². The van der Waals surface area contributed by atoms with E-state index < -0.39 is 69.9 Å². The van der Waals surface area contributed by atoms with E-state index in [1.54, 1.807) is 42.5 Å². The van der Waals surface area contributed by atoms with Crippen molar-refractivity contribution in [3.05, 3.63) is 85.1 Å². The standard InChI is InChI=1S/C46H76NO12P/c1-3-5-7-8-9-10-11-12-13-14-15-16-17-21-29-35-44(50)56-37-42(38-57-60(54,55)58-39-43(47)46(52)53)59-45(51)36-30-22-19-18-20-26-32-41(49)34-28-24-23-27-33-40(48)31-25-6-4-2/h6,12-13,19-20,22-28,33-34,40-43,48-49H,3-5,7-11,14-18,21,29-32,35-39,47H2,1-2H3,(H,52,53)(H,54,55)/b13-12-,22-19-,24-23-,25-6-,26-20-,33-27+,34-28+/t40-,41+,42+,43-/m0/s1. The molecule has 0 aromatic rings. The van der Waals surface area contributed by atoms with Crippen molar-refractivity contribution in [3.8, 4) is 0 Å². The number of phosphoric acid groups is 1. The van der Waals surface area contributed by atoms with Crippen LogP contribution in [0.25, 0.3) is 0 Å². The minimum Gasteiger partial charge on any atom is -0.480 e. The van der Waals surface area contributed by atoms with Gasteiger partial charge in [-0.25, -0.2) is 4.57 Å². The van der Waals surface area contributed by atoms with Gasteiger partial charge in [-0.2, -0.15) is 0 Å². The largest absolute Gasteiger partial charge is 0.480 e. The second kappa shape index (κ2) is 39.7. The molecule has 13 nitrogen and oxygen atoms in total. The molecule has 0 aliphatic rings. The zero-order chi connectivity index (χ0) is 44.5. The Hall–Kier alpha value is -3.42. The number of aliphatic hydroxyl groups is 2. The molecule has 342 valence electrons. The first-order valence-corrected chi connectivity index (χ1v) is 23.3. The lowest BCUT2D eigenvalue weighted by Crippen LogP contribution is -2.34. The van der Waals surface area contributed by atoms with Crippen LogP contribution in [0.15, 0.2) is 85.1 Å². The first kappa shape index (κ1) is 56.6. The number of phosphoric ester groups is 1. The number of aliphatic hydroxyl groups excluding tert-OH is 2. The summed E-state index contributed by atoms with van der Waals surface area (Å²) < 4.78 is 32.5. The highest BCUT2D eigenvalue weighted by Crippen LogP contribution is 2.43. The maximum absolute atomic E-state index is 12.6. The van der Waals surface area contributed by atoms with Gasteiger partial charge in [0.2, 0.25) is 0 Å². The summed E-state index contributed by atoms with van der Waals surface area (Å²) in [6, 6.07) is -1.56. The SMILES string of the molecule is CC/C=C\C[C@H](O)/C=C/C=C\C=C\[C@H](O)C/C=C\C/C=C\CCC(=O)O[C@H](COC(=O)CCCCCCC/C=C\CCCCCCCC)COP(=O)(O)OC[C@H](N)C(=O)O. The third kappa shape index (κ3) is 38.8. The third-order valence-electron chi connectivity index (χ3n) is 8.81. The van der Waals surface area contributed by atoms with E-state index in [-0.39, 0.29) is 12.8 Å². The van der Waals surface area contributed by atoms with Crippen molar-refractivity contribution in [1.29, 1.82) is 0 Å². The van der Waals surface area contributed by atoms with Gasteiger partial charge in [-0.15, -0.1) is 0 Å². The summed E-state index contributed by atoms with van der Waals surface area (Å²) in [7, 11) is -4.77. The van der Waals surface area contributed by atoms with Crippen molar-refractivity contribution >= 4 is 25.7 Å². The van der Waals surface area contributed by atoms with E-state index in [1.165, 1.54) is 38.5 Å². The van der Waals surface area contributed by atoms with Crippen molar-refractivity contribution in [3.63, 3.8) is 0 Å². The molecule has 0 amide bonds. The number of hydrogen-bond acceptors (Lipinski definition) is 11. The number of aliphatic carboxylic acids is 1. The van der Waals surface area contributed by atoms with Crippen molar-refractivity contribution in [2.24, 2.45) is 5.73 Å². The van der Waals surface area contributed by atoms with Crippen LogP contribution in [-0.4, -0.2) is 82.3 Å². The fraction of sp³-hybridized carbons (Fsp3) is 0.630.